The standard InChI is InChI=1S/C21H18ClF2N3O/c22-15-4-1-3-14(13-15)21(28)27-10-2-9-26(11-12-27)18-7-8-25-20-17(24)6-5-16(23)19(18)20/h1,3-8,13H,2,9-12H2. The van der Waals surface area contributed by atoms with E-state index in [0.29, 0.717) is 48.9 Å². The van der Waals surface area contributed by atoms with E-state index in [1.54, 1.807) is 35.2 Å². The maximum Gasteiger partial charge on any atom is 0.253 e. The SMILES string of the molecule is O=C(c1cccc(Cl)c1)N1CCCN(c2ccnc3c(F)ccc(F)c23)CC1. The van der Waals surface area contributed by atoms with Crippen molar-refractivity contribution in [2.75, 3.05) is 31.1 Å². The lowest BCUT2D eigenvalue weighted by molar-refractivity contribution is 0.0767. The fourth-order valence-electron chi connectivity index (χ4n) is 3.61. The first kappa shape index (κ1) is 18.6. The number of rotatable bonds is 2. The van der Waals surface area contributed by atoms with Crippen molar-refractivity contribution in [3.05, 3.63) is 70.9 Å². The highest BCUT2D eigenvalue weighted by Gasteiger charge is 2.23. The Morgan fingerprint density at radius 2 is 1.82 bits per heavy atom. The first-order valence-electron chi connectivity index (χ1n) is 9.07. The Labute approximate surface area is 166 Å². The molecule has 3 aromatic rings. The van der Waals surface area contributed by atoms with Gasteiger partial charge in [-0.1, -0.05) is 17.7 Å². The van der Waals surface area contributed by atoms with E-state index in [2.05, 4.69) is 4.98 Å². The Morgan fingerprint density at radius 3 is 2.64 bits per heavy atom. The highest BCUT2D eigenvalue weighted by atomic mass is 35.5. The van der Waals surface area contributed by atoms with Gasteiger partial charge in [-0.2, -0.15) is 0 Å². The summed E-state index contributed by atoms with van der Waals surface area (Å²) in [6.45, 7) is 2.21. The number of hydrogen-bond acceptors (Lipinski definition) is 3. The van der Waals surface area contributed by atoms with Crippen LogP contribution in [0.15, 0.2) is 48.7 Å². The average molecular weight is 402 g/mol. The van der Waals surface area contributed by atoms with Crippen LogP contribution in [-0.4, -0.2) is 42.0 Å². The molecule has 0 N–H and O–H groups in total. The zero-order chi connectivity index (χ0) is 19.7. The normalized spacial score (nSPS) is 15.0. The van der Waals surface area contributed by atoms with Gasteiger partial charge in [0.2, 0.25) is 0 Å². The predicted molar refractivity (Wildman–Crippen MR) is 106 cm³/mol. The summed E-state index contributed by atoms with van der Waals surface area (Å²) in [5.41, 5.74) is 1.16. The number of carbonyl (C=O) groups is 1. The van der Waals surface area contributed by atoms with E-state index < -0.39 is 11.6 Å². The number of anilines is 1. The average Bonchev–Trinajstić information content (AvgIpc) is 2.96. The van der Waals surface area contributed by atoms with Gasteiger partial charge in [-0.25, -0.2) is 8.78 Å². The third-order valence-electron chi connectivity index (χ3n) is 4.97. The van der Waals surface area contributed by atoms with Crippen molar-refractivity contribution in [3.8, 4) is 0 Å². The number of hydrogen-bond donors (Lipinski definition) is 0. The first-order valence-corrected chi connectivity index (χ1v) is 9.45. The molecule has 0 unspecified atom stereocenters. The van der Waals surface area contributed by atoms with Gasteiger partial charge >= 0.3 is 0 Å². The van der Waals surface area contributed by atoms with Gasteiger partial charge in [0.15, 0.2) is 0 Å². The minimum absolute atomic E-state index is 0.0219. The van der Waals surface area contributed by atoms with Crippen LogP contribution in [0.3, 0.4) is 0 Å². The zero-order valence-corrected chi connectivity index (χ0v) is 15.8. The predicted octanol–water partition coefficient (Wildman–Crippen LogP) is 4.52. The lowest BCUT2D eigenvalue weighted by Crippen LogP contribution is -2.35. The van der Waals surface area contributed by atoms with Crippen molar-refractivity contribution >= 4 is 34.1 Å². The molecule has 7 heteroatoms. The van der Waals surface area contributed by atoms with Gasteiger partial charge in [-0.15, -0.1) is 0 Å². The molecular formula is C21H18ClF2N3O. The lowest BCUT2D eigenvalue weighted by Gasteiger charge is -2.25. The molecule has 4 nitrogen and oxygen atoms in total. The number of aromatic nitrogens is 1. The Kier molecular flexibility index (Phi) is 5.13. The summed E-state index contributed by atoms with van der Waals surface area (Å²) in [5, 5.41) is 0.695. The fourth-order valence-corrected chi connectivity index (χ4v) is 3.80. The molecule has 0 atom stereocenters. The van der Waals surface area contributed by atoms with E-state index in [0.717, 1.165) is 12.1 Å². The van der Waals surface area contributed by atoms with E-state index in [1.165, 1.54) is 6.20 Å². The van der Waals surface area contributed by atoms with E-state index in [1.807, 2.05) is 4.90 Å². The molecule has 0 radical (unpaired) electrons. The minimum Gasteiger partial charge on any atom is -0.369 e. The number of fused-ring (bicyclic) bond motifs is 1. The third kappa shape index (κ3) is 3.52. The van der Waals surface area contributed by atoms with Gasteiger partial charge in [0.1, 0.15) is 17.2 Å². The van der Waals surface area contributed by atoms with Crippen LogP contribution in [0.4, 0.5) is 14.5 Å². The van der Waals surface area contributed by atoms with Gasteiger partial charge in [-0.05, 0) is 42.8 Å². The Bertz CT molecular complexity index is 1040. The van der Waals surface area contributed by atoms with Crippen molar-refractivity contribution in [3.63, 3.8) is 0 Å². The van der Waals surface area contributed by atoms with E-state index in [9.17, 15) is 13.6 Å². The van der Waals surface area contributed by atoms with Crippen LogP contribution in [0.25, 0.3) is 10.9 Å². The number of nitrogens with zero attached hydrogens (tertiary/aromatic N) is 3. The Balaban J connectivity index is 1.59. The van der Waals surface area contributed by atoms with Crippen LogP contribution in [0.1, 0.15) is 16.8 Å². The van der Waals surface area contributed by atoms with Gasteiger partial charge in [-0.3, -0.25) is 9.78 Å². The second-order valence-corrected chi connectivity index (χ2v) is 7.16. The molecule has 0 bridgehead atoms. The highest BCUT2D eigenvalue weighted by molar-refractivity contribution is 6.30. The molecule has 4 rings (SSSR count). The second-order valence-electron chi connectivity index (χ2n) is 6.73. The first-order chi connectivity index (χ1) is 13.5. The summed E-state index contributed by atoms with van der Waals surface area (Å²) in [4.78, 5) is 20.5. The Hall–Kier alpha value is -2.73. The second kappa shape index (κ2) is 7.72. The zero-order valence-electron chi connectivity index (χ0n) is 15.0. The maximum absolute atomic E-state index is 14.4. The van der Waals surface area contributed by atoms with E-state index in [4.69, 9.17) is 11.6 Å². The van der Waals surface area contributed by atoms with Crippen LogP contribution in [0.5, 0.6) is 0 Å². The summed E-state index contributed by atoms with van der Waals surface area (Å²) in [5.74, 6) is -1.14. The fraction of sp³-hybridized carbons (Fsp3) is 0.238. The summed E-state index contributed by atoms with van der Waals surface area (Å²) < 4.78 is 28.5. The topological polar surface area (TPSA) is 36.4 Å². The molecule has 0 spiro atoms. The molecule has 1 fully saturated rings. The number of carbonyl (C=O) groups excluding carboxylic acids is 1. The number of benzene rings is 2. The van der Waals surface area contributed by atoms with Crippen LogP contribution < -0.4 is 4.90 Å². The van der Waals surface area contributed by atoms with Crippen molar-refractivity contribution < 1.29 is 13.6 Å². The molecule has 1 amide bonds. The molecule has 1 aliphatic rings. The quantitative estimate of drug-likeness (QED) is 0.633. The summed E-state index contributed by atoms with van der Waals surface area (Å²) in [7, 11) is 0. The van der Waals surface area contributed by atoms with Crippen LogP contribution in [0, 0.1) is 11.6 Å². The monoisotopic (exact) mass is 401 g/mol. The molecule has 28 heavy (non-hydrogen) atoms. The lowest BCUT2D eigenvalue weighted by atomic mass is 10.1. The highest BCUT2D eigenvalue weighted by Crippen LogP contribution is 2.30. The molecular weight excluding hydrogens is 384 g/mol. The third-order valence-corrected chi connectivity index (χ3v) is 5.20. The number of pyridine rings is 1. The van der Waals surface area contributed by atoms with Crippen molar-refractivity contribution in [2.24, 2.45) is 0 Å². The summed E-state index contributed by atoms with van der Waals surface area (Å²) in [6, 6.07) is 10.8. The van der Waals surface area contributed by atoms with Gasteiger partial charge in [0, 0.05) is 43.0 Å². The number of amides is 1. The molecule has 1 aromatic heterocycles. The molecule has 2 heterocycles. The van der Waals surface area contributed by atoms with Gasteiger partial charge in [0.05, 0.1) is 11.1 Å². The van der Waals surface area contributed by atoms with Gasteiger partial charge < -0.3 is 9.80 Å². The molecule has 1 aliphatic heterocycles. The minimum atomic E-state index is -0.550. The van der Waals surface area contributed by atoms with Crippen LogP contribution >= 0.6 is 11.6 Å². The summed E-state index contributed by atoms with van der Waals surface area (Å²) >= 11 is 6.00. The Morgan fingerprint density at radius 1 is 1.00 bits per heavy atom. The van der Waals surface area contributed by atoms with Crippen molar-refractivity contribution in [1.82, 2.24) is 9.88 Å². The smallest absolute Gasteiger partial charge is 0.253 e. The summed E-state index contributed by atoms with van der Waals surface area (Å²) in [6.07, 6.45) is 2.20. The molecule has 0 saturated carbocycles. The van der Waals surface area contributed by atoms with E-state index >= 15 is 0 Å². The largest absolute Gasteiger partial charge is 0.369 e. The van der Waals surface area contributed by atoms with Gasteiger partial charge in [0.25, 0.3) is 5.91 Å². The van der Waals surface area contributed by atoms with E-state index in [-0.39, 0.29) is 16.8 Å². The molecule has 2 aromatic carbocycles. The van der Waals surface area contributed by atoms with Crippen LogP contribution in [0.2, 0.25) is 5.02 Å². The van der Waals surface area contributed by atoms with Crippen molar-refractivity contribution in [2.45, 2.75) is 6.42 Å². The molecule has 0 aliphatic carbocycles. The van der Waals surface area contributed by atoms with Crippen LogP contribution in [-0.2, 0) is 0 Å². The maximum atomic E-state index is 14.4. The number of halogens is 3. The van der Waals surface area contributed by atoms with Crippen molar-refractivity contribution in [1.29, 1.82) is 0 Å². The molecule has 1 saturated heterocycles. The molecule has 144 valence electrons.